The van der Waals surface area contributed by atoms with Crippen molar-refractivity contribution >= 4 is 0 Å². The van der Waals surface area contributed by atoms with E-state index in [2.05, 4.69) is 0 Å². The van der Waals surface area contributed by atoms with Crippen LogP contribution in [0.4, 0.5) is 0 Å². The Labute approximate surface area is 68.8 Å². The fourth-order valence-corrected chi connectivity index (χ4v) is 1.04. The summed E-state index contributed by atoms with van der Waals surface area (Å²) in [6, 6.07) is -0.194. The Hall–Kier alpha value is -0.120. The molecule has 5 N–H and O–H groups in total. The first-order valence-corrected chi connectivity index (χ1v) is 4.12. The fourth-order valence-electron chi connectivity index (χ4n) is 1.04. The Balaban J connectivity index is 3.91. The van der Waals surface area contributed by atoms with Crippen LogP contribution in [-0.4, -0.2) is 22.8 Å². The van der Waals surface area contributed by atoms with Gasteiger partial charge in [0.15, 0.2) is 0 Å². The van der Waals surface area contributed by atoms with E-state index >= 15 is 0 Å². The Morgan fingerprint density at radius 2 is 1.91 bits per heavy atom. The van der Waals surface area contributed by atoms with Crippen LogP contribution in [-0.2, 0) is 0 Å². The standard InChI is InChI=1S/C8H20N2O/c1-4-5-6(9)7(11)8(2,3)10/h6-7,11H,4-5,9-10H2,1-3H3. The predicted molar refractivity (Wildman–Crippen MR) is 47.2 cm³/mol. The average molecular weight is 160 g/mol. The molecule has 2 unspecified atom stereocenters. The number of rotatable bonds is 4. The van der Waals surface area contributed by atoms with E-state index in [1.165, 1.54) is 0 Å². The number of nitrogens with two attached hydrogens (primary N) is 2. The van der Waals surface area contributed by atoms with E-state index in [0.29, 0.717) is 0 Å². The van der Waals surface area contributed by atoms with Crippen LogP contribution in [0.2, 0.25) is 0 Å². The van der Waals surface area contributed by atoms with Crippen LogP contribution in [0.5, 0.6) is 0 Å². The topological polar surface area (TPSA) is 72.3 Å². The molecule has 0 heterocycles. The molecule has 0 aromatic heterocycles. The number of aliphatic hydroxyl groups is 1. The molecule has 3 heteroatoms. The molecule has 0 aromatic carbocycles. The van der Waals surface area contributed by atoms with Crippen LogP contribution in [0.25, 0.3) is 0 Å². The lowest BCUT2D eigenvalue weighted by molar-refractivity contribution is 0.0754. The van der Waals surface area contributed by atoms with E-state index in [-0.39, 0.29) is 6.04 Å². The third-order valence-electron chi connectivity index (χ3n) is 1.79. The molecule has 2 atom stereocenters. The van der Waals surface area contributed by atoms with Gasteiger partial charge < -0.3 is 16.6 Å². The third kappa shape index (κ3) is 3.70. The second kappa shape index (κ2) is 4.04. The number of hydrogen-bond donors (Lipinski definition) is 3. The zero-order chi connectivity index (χ0) is 9.07. The largest absolute Gasteiger partial charge is 0.390 e. The minimum absolute atomic E-state index is 0.194. The van der Waals surface area contributed by atoms with Crippen molar-refractivity contribution in [2.75, 3.05) is 0 Å². The van der Waals surface area contributed by atoms with Crippen LogP contribution in [0.1, 0.15) is 33.6 Å². The average Bonchev–Trinajstić information content (AvgIpc) is 1.85. The van der Waals surface area contributed by atoms with Crippen molar-refractivity contribution in [2.24, 2.45) is 11.5 Å². The molecular weight excluding hydrogens is 140 g/mol. The highest BCUT2D eigenvalue weighted by molar-refractivity contribution is 4.88. The molecule has 0 spiro atoms. The molecule has 0 rings (SSSR count). The van der Waals surface area contributed by atoms with Crippen molar-refractivity contribution in [2.45, 2.75) is 51.3 Å². The molecule has 68 valence electrons. The second-order valence-corrected chi connectivity index (χ2v) is 3.72. The van der Waals surface area contributed by atoms with Crippen LogP contribution in [0.3, 0.4) is 0 Å². The number of aliphatic hydroxyl groups excluding tert-OH is 1. The van der Waals surface area contributed by atoms with Crippen LogP contribution >= 0.6 is 0 Å². The Morgan fingerprint density at radius 3 is 2.18 bits per heavy atom. The summed E-state index contributed by atoms with van der Waals surface area (Å²) >= 11 is 0. The third-order valence-corrected chi connectivity index (χ3v) is 1.79. The van der Waals surface area contributed by atoms with Crippen LogP contribution < -0.4 is 11.5 Å². The van der Waals surface area contributed by atoms with Gasteiger partial charge in [-0.1, -0.05) is 13.3 Å². The molecule has 0 radical (unpaired) electrons. The fraction of sp³-hybridized carbons (Fsp3) is 1.00. The van der Waals surface area contributed by atoms with Gasteiger partial charge in [-0.2, -0.15) is 0 Å². The zero-order valence-corrected chi connectivity index (χ0v) is 7.67. The quantitative estimate of drug-likeness (QED) is 0.550. The predicted octanol–water partition coefficient (Wildman–Crippen LogP) is 0.212. The Morgan fingerprint density at radius 1 is 1.45 bits per heavy atom. The van der Waals surface area contributed by atoms with E-state index in [9.17, 15) is 5.11 Å². The van der Waals surface area contributed by atoms with Crippen LogP contribution in [0.15, 0.2) is 0 Å². The molecule has 0 bridgehead atoms. The van der Waals surface area contributed by atoms with E-state index in [0.717, 1.165) is 12.8 Å². The first kappa shape index (κ1) is 10.9. The summed E-state index contributed by atoms with van der Waals surface area (Å²) in [5.41, 5.74) is 10.8. The van der Waals surface area contributed by atoms with E-state index in [1.54, 1.807) is 13.8 Å². The maximum Gasteiger partial charge on any atom is 0.0864 e. The van der Waals surface area contributed by atoms with E-state index in [4.69, 9.17) is 11.5 Å². The van der Waals surface area contributed by atoms with E-state index in [1.807, 2.05) is 6.92 Å². The van der Waals surface area contributed by atoms with Crippen molar-refractivity contribution in [1.29, 1.82) is 0 Å². The molecule has 3 nitrogen and oxygen atoms in total. The SMILES string of the molecule is CCCC(N)C(O)C(C)(C)N. The van der Waals surface area contributed by atoms with Gasteiger partial charge in [-0.15, -0.1) is 0 Å². The lowest BCUT2D eigenvalue weighted by atomic mass is 9.91. The normalized spacial score (nSPS) is 18.0. The monoisotopic (exact) mass is 160 g/mol. The summed E-state index contributed by atoms with van der Waals surface area (Å²) in [4.78, 5) is 0. The lowest BCUT2D eigenvalue weighted by Crippen LogP contribution is -2.54. The first-order valence-electron chi connectivity index (χ1n) is 4.12. The first-order chi connectivity index (χ1) is 4.89. The Kier molecular flexibility index (Phi) is 4.00. The van der Waals surface area contributed by atoms with Gasteiger partial charge in [-0.3, -0.25) is 0 Å². The summed E-state index contributed by atoms with van der Waals surface area (Å²) in [7, 11) is 0. The second-order valence-electron chi connectivity index (χ2n) is 3.72. The highest BCUT2D eigenvalue weighted by Gasteiger charge is 2.27. The summed E-state index contributed by atoms with van der Waals surface area (Å²) in [6.07, 6.45) is 1.19. The van der Waals surface area contributed by atoms with Crippen molar-refractivity contribution in [3.63, 3.8) is 0 Å². The van der Waals surface area contributed by atoms with Crippen molar-refractivity contribution in [1.82, 2.24) is 0 Å². The van der Waals surface area contributed by atoms with Gasteiger partial charge in [-0.05, 0) is 20.3 Å². The minimum Gasteiger partial charge on any atom is -0.390 e. The lowest BCUT2D eigenvalue weighted by Gasteiger charge is -2.30. The van der Waals surface area contributed by atoms with Crippen LogP contribution in [0, 0.1) is 0 Å². The molecule has 0 aliphatic carbocycles. The zero-order valence-electron chi connectivity index (χ0n) is 7.67. The summed E-state index contributed by atoms with van der Waals surface area (Å²) < 4.78 is 0. The van der Waals surface area contributed by atoms with Gasteiger partial charge in [0.2, 0.25) is 0 Å². The molecule has 0 saturated carbocycles. The van der Waals surface area contributed by atoms with Gasteiger partial charge in [0.05, 0.1) is 6.10 Å². The molecule has 0 aliphatic heterocycles. The molecule has 0 fully saturated rings. The molecule has 0 aliphatic rings. The highest BCUT2D eigenvalue weighted by Crippen LogP contribution is 2.10. The summed E-state index contributed by atoms with van der Waals surface area (Å²) in [5, 5.41) is 9.54. The van der Waals surface area contributed by atoms with Gasteiger partial charge in [0.1, 0.15) is 0 Å². The molecule has 11 heavy (non-hydrogen) atoms. The van der Waals surface area contributed by atoms with E-state index < -0.39 is 11.6 Å². The maximum absolute atomic E-state index is 9.54. The minimum atomic E-state index is -0.609. The maximum atomic E-state index is 9.54. The molecule has 0 amide bonds. The van der Waals surface area contributed by atoms with Crippen molar-refractivity contribution in [3.8, 4) is 0 Å². The van der Waals surface area contributed by atoms with Crippen molar-refractivity contribution in [3.05, 3.63) is 0 Å². The molecular formula is C8H20N2O. The van der Waals surface area contributed by atoms with Gasteiger partial charge >= 0.3 is 0 Å². The molecule has 0 saturated heterocycles. The number of hydrogen-bond acceptors (Lipinski definition) is 3. The highest BCUT2D eigenvalue weighted by atomic mass is 16.3. The Bertz CT molecular complexity index is 109. The summed E-state index contributed by atoms with van der Waals surface area (Å²) in [6.45, 7) is 5.61. The smallest absolute Gasteiger partial charge is 0.0864 e. The molecule has 0 aromatic rings. The summed E-state index contributed by atoms with van der Waals surface area (Å²) in [5.74, 6) is 0. The van der Waals surface area contributed by atoms with Gasteiger partial charge in [0, 0.05) is 11.6 Å². The van der Waals surface area contributed by atoms with Gasteiger partial charge in [-0.25, -0.2) is 0 Å². The van der Waals surface area contributed by atoms with Gasteiger partial charge in [0.25, 0.3) is 0 Å². The van der Waals surface area contributed by atoms with Crippen molar-refractivity contribution < 1.29 is 5.11 Å².